The molecule has 2 unspecified atom stereocenters. The fourth-order valence-electron chi connectivity index (χ4n) is 8.18. The Bertz CT molecular complexity index is 593. The summed E-state index contributed by atoms with van der Waals surface area (Å²) in [6.07, 6.45) is 5.65. The standard InChI is InChI=1S/C20H32O5/c1-17-8-13(22)9-18(2,16(23)24)14(17)5-6-19-7-12(3-4-15(17)19)20(25,10-19)11-21/h12-15,21-22,25H,3-11H2,1-2H3,(H,23,24)/t12-,13-,14?,15?,17+,18+,19+,20-/m0/s1. The summed E-state index contributed by atoms with van der Waals surface area (Å²) in [5.41, 5.74) is -2.06. The number of aliphatic hydroxyl groups excluding tert-OH is 2. The Morgan fingerprint density at radius 3 is 2.44 bits per heavy atom. The Hall–Kier alpha value is -0.650. The lowest BCUT2D eigenvalue weighted by Crippen LogP contribution is -2.60. The van der Waals surface area contributed by atoms with Crippen LogP contribution in [0.5, 0.6) is 0 Å². The van der Waals surface area contributed by atoms with Gasteiger partial charge in [-0.15, -0.1) is 0 Å². The Labute approximate surface area is 149 Å². The van der Waals surface area contributed by atoms with Gasteiger partial charge in [0.05, 0.1) is 23.7 Å². The third-order valence-corrected chi connectivity index (χ3v) is 9.00. The Morgan fingerprint density at radius 1 is 1.08 bits per heavy atom. The molecular weight excluding hydrogens is 320 g/mol. The third-order valence-electron chi connectivity index (χ3n) is 9.00. The summed E-state index contributed by atoms with van der Waals surface area (Å²) < 4.78 is 0. The maximum atomic E-state index is 12.1. The van der Waals surface area contributed by atoms with Crippen molar-refractivity contribution in [2.24, 2.45) is 34.0 Å². The predicted molar refractivity (Wildman–Crippen MR) is 91.7 cm³/mol. The van der Waals surface area contributed by atoms with Gasteiger partial charge in [0.1, 0.15) is 0 Å². The monoisotopic (exact) mass is 352 g/mol. The zero-order chi connectivity index (χ0) is 18.3. The van der Waals surface area contributed by atoms with Gasteiger partial charge in [0.15, 0.2) is 0 Å². The van der Waals surface area contributed by atoms with Gasteiger partial charge in [0.2, 0.25) is 0 Å². The van der Waals surface area contributed by atoms with Crippen LogP contribution in [-0.4, -0.2) is 44.7 Å². The topological polar surface area (TPSA) is 98.0 Å². The third kappa shape index (κ3) is 2.15. The first-order valence-corrected chi connectivity index (χ1v) is 9.84. The summed E-state index contributed by atoms with van der Waals surface area (Å²) >= 11 is 0. The zero-order valence-corrected chi connectivity index (χ0v) is 15.4. The minimum atomic E-state index is -0.971. The van der Waals surface area contributed by atoms with Gasteiger partial charge in [-0.05, 0) is 86.9 Å². The highest BCUT2D eigenvalue weighted by molar-refractivity contribution is 5.75. The summed E-state index contributed by atoms with van der Waals surface area (Å²) in [5, 5.41) is 41.2. The first-order valence-electron chi connectivity index (χ1n) is 9.84. The normalized spacial score (nSPS) is 57.6. The van der Waals surface area contributed by atoms with Crippen LogP contribution in [0.2, 0.25) is 0 Å². The summed E-state index contributed by atoms with van der Waals surface area (Å²) in [6, 6.07) is 0. The molecule has 5 nitrogen and oxygen atoms in total. The molecule has 4 saturated carbocycles. The molecule has 4 aliphatic carbocycles. The summed E-state index contributed by atoms with van der Waals surface area (Å²) in [4.78, 5) is 12.1. The quantitative estimate of drug-likeness (QED) is 0.611. The van der Waals surface area contributed by atoms with Crippen LogP contribution in [0.1, 0.15) is 65.2 Å². The largest absolute Gasteiger partial charge is 0.481 e. The Morgan fingerprint density at radius 2 is 1.80 bits per heavy atom. The van der Waals surface area contributed by atoms with Gasteiger partial charge in [-0.1, -0.05) is 6.92 Å². The average Bonchev–Trinajstić information content (AvgIpc) is 2.73. The molecule has 4 rings (SSSR count). The van der Waals surface area contributed by atoms with Crippen LogP contribution in [0.4, 0.5) is 0 Å². The number of hydrogen-bond donors (Lipinski definition) is 4. The lowest BCUT2D eigenvalue weighted by Gasteiger charge is -2.64. The van der Waals surface area contributed by atoms with E-state index >= 15 is 0 Å². The lowest BCUT2D eigenvalue weighted by molar-refractivity contribution is -0.195. The molecule has 5 heteroatoms. The second kappa shape index (κ2) is 5.20. The van der Waals surface area contributed by atoms with Crippen LogP contribution in [-0.2, 0) is 4.79 Å². The molecular formula is C20H32O5. The lowest BCUT2D eigenvalue weighted by atomic mass is 9.40. The molecule has 8 atom stereocenters. The SMILES string of the molecule is C[C@@]12C[C@H](O)C[C@@](C)(C(=O)O)C1CC[C@]13C[C@H](CCC12)[C@@](O)(CO)C3. The number of rotatable bonds is 2. The maximum absolute atomic E-state index is 12.1. The van der Waals surface area contributed by atoms with Crippen LogP contribution >= 0.6 is 0 Å². The van der Waals surface area contributed by atoms with Crippen LogP contribution < -0.4 is 0 Å². The number of aliphatic carboxylic acids is 1. The van der Waals surface area contributed by atoms with E-state index in [1.54, 1.807) is 0 Å². The van der Waals surface area contributed by atoms with Crippen molar-refractivity contribution in [2.75, 3.05) is 6.61 Å². The molecule has 2 bridgehead atoms. The number of hydrogen-bond acceptors (Lipinski definition) is 4. The molecule has 4 aliphatic rings. The number of carboxylic acids is 1. The van der Waals surface area contributed by atoms with E-state index in [2.05, 4.69) is 6.92 Å². The molecule has 0 radical (unpaired) electrons. The van der Waals surface area contributed by atoms with E-state index in [0.29, 0.717) is 25.2 Å². The molecule has 25 heavy (non-hydrogen) atoms. The molecule has 4 fully saturated rings. The van der Waals surface area contributed by atoms with Crippen molar-refractivity contribution in [1.82, 2.24) is 0 Å². The van der Waals surface area contributed by atoms with E-state index in [1.807, 2.05) is 6.92 Å². The van der Waals surface area contributed by atoms with E-state index in [0.717, 1.165) is 32.1 Å². The molecule has 0 amide bonds. The van der Waals surface area contributed by atoms with Crippen molar-refractivity contribution in [2.45, 2.75) is 76.9 Å². The van der Waals surface area contributed by atoms with E-state index in [1.165, 1.54) is 0 Å². The van der Waals surface area contributed by atoms with Crippen LogP contribution in [0.25, 0.3) is 0 Å². The van der Waals surface area contributed by atoms with Crippen molar-refractivity contribution >= 4 is 5.97 Å². The maximum Gasteiger partial charge on any atom is 0.309 e. The summed E-state index contributed by atoms with van der Waals surface area (Å²) in [5.74, 6) is -0.237. The van der Waals surface area contributed by atoms with E-state index in [9.17, 15) is 25.2 Å². The highest BCUT2D eigenvalue weighted by Gasteiger charge is 2.69. The summed E-state index contributed by atoms with van der Waals surface area (Å²) in [6.45, 7) is 3.84. The number of fused-ring (bicyclic) bond motifs is 3. The highest BCUT2D eigenvalue weighted by atomic mass is 16.4. The number of carboxylic acid groups (broad SMARTS) is 1. The molecule has 0 saturated heterocycles. The molecule has 1 spiro atoms. The Balaban J connectivity index is 1.75. The minimum Gasteiger partial charge on any atom is -0.481 e. The molecule has 0 aliphatic heterocycles. The predicted octanol–water partition coefficient (Wildman–Crippen LogP) is 2.18. The molecule has 4 N–H and O–H groups in total. The van der Waals surface area contributed by atoms with Gasteiger partial charge in [-0.3, -0.25) is 4.79 Å². The number of aliphatic hydroxyl groups is 3. The smallest absolute Gasteiger partial charge is 0.309 e. The second-order valence-corrected chi connectivity index (χ2v) is 10.2. The van der Waals surface area contributed by atoms with Gasteiger partial charge in [-0.2, -0.15) is 0 Å². The average molecular weight is 352 g/mol. The van der Waals surface area contributed by atoms with Gasteiger partial charge < -0.3 is 20.4 Å². The molecule has 0 aromatic carbocycles. The van der Waals surface area contributed by atoms with Crippen molar-refractivity contribution in [3.8, 4) is 0 Å². The summed E-state index contributed by atoms with van der Waals surface area (Å²) in [7, 11) is 0. The van der Waals surface area contributed by atoms with E-state index in [4.69, 9.17) is 0 Å². The van der Waals surface area contributed by atoms with Crippen LogP contribution in [0, 0.1) is 34.0 Å². The fraction of sp³-hybridized carbons (Fsp3) is 0.950. The van der Waals surface area contributed by atoms with Crippen LogP contribution in [0.15, 0.2) is 0 Å². The van der Waals surface area contributed by atoms with Gasteiger partial charge >= 0.3 is 5.97 Å². The first kappa shape index (κ1) is 17.7. The molecule has 0 heterocycles. The highest BCUT2D eigenvalue weighted by Crippen LogP contribution is 2.72. The molecule has 0 aromatic heterocycles. The second-order valence-electron chi connectivity index (χ2n) is 10.2. The number of carbonyl (C=O) groups is 1. The first-order chi connectivity index (χ1) is 11.6. The Kier molecular flexibility index (Phi) is 3.69. The fourth-order valence-corrected chi connectivity index (χ4v) is 8.18. The van der Waals surface area contributed by atoms with Gasteiger partial charge in [0, 0.05) is 0 Å². The minimum absolute atomic E-state index is 0.00210. The van der Waals surface area contributed by atoms with Crippen molar-refractivity contribution in [3.63, 3.8) is 0 Å². The van der Waals surface area contributed by atoms with Crippen molar-refractivity contribution in [1.29, 1.82) is 0 Å². The molecule has 142 valence electrons. The van der Waals surface area contributed by atoms with Gasteiger partial charge in [-0.25, -0.2) is 0 Å². The zero-order valence-electron chi connectivity index (χ0n) is 15.4. The molecule has 0 aromatic rings. The van der Waals surface area contributed by atoms with E-state index < -0.39 is 23.1 Å². The van der Waals surface area contributed by atoms with E-state index in [-0.39, 0.29) is 29.3 Å². The van der Waals surface area contributed by atoms with Crippen molar-refractivity contribution in [3.05, 3.63) is 0 Å². The van der Waals surface area contributed by atoms with Crippen molar-refractivity contribution < 1.29 is 25.2 Å². The van der Waals surface area contributed by atoms with Crippen LogP contribution in [0.3, 0.4) is 0 Å². The van der Waals surface area contributed by atoms with Gasteiger partial charge in [0.25, 0.3) is 0 Å².